The molecule has 2 aliphatic heterocycles. The molecule has 42 heavy (non-hydrogen) atoms. The Morgan fingerprint density at radius 2 is 1.98 bits per heavy atom. The lowest BCUT2D eigenvalue weighted by atomic mass is 10.2. The second kappa shape index (κ2) is 11.5. The Hall–Kier alpha value is -3.81. The number of likely N-dealkylation sites (tertiary alicyclic amines) is 1. The van der Waals surface area contributed by atoms with Gasteiger partial charge in [0.25, 0.3) is 0 Å². The molecule has 3 aromatic heterocycles. The molecule has 0 aliphatic carbocycles. The number of likely N-dealkylation sites (N-methyl/N-ethyl adjacent to an activating group) is 1. The number of hydrogen-bond acceptors (Lipinski definition) is 9. The molecule has 0 spiro atoms. The Morgan fingerprint density at radius 1 is 1.19 bits per heavy atom. The van der Waals surface area contributed by atoms with Crippen molar-refractivity contribution in [1.29, 1.82) is 0 Å². The molecule has 0 saturated carbocycles. The van der Waals surface area contributed by atoms with Crippen LogP contribution in [0.1, 0.15) is 6.42 Å². The van der Waals surface area contributed by atoms with Gasteiger partial charge in [-0.25, -0.2) is 8.78 Å². The van der Waals surface area contributed by atoms with Gasteiger partial charge in [0.15, 0.2) is 5.75 Å². The Kier molecular flexibility index (Phi) is 7.73. The van der Waals surface area contributed by atoms with Crippen LogP contribution in [0, 0.1) is 5.82 Å². The van der Waals surface area contributed by atoms with Crippen molar-refractivity contribution in [1.82, 2.24) is 34.9 Å². The van der Waals surface area contributed by atoms with E-state index in [1.165, 1.54) is 18.3 Å². The summed E-state index contributed by atoms with van der Waals surface area (Å²) in [5.74, 6) is -0.455. The van der Waals surface area contributed by atoms with E-state index in [4.69, 9.17) is 37.7 Å². The van der Waals surface area contributed by atoms with Crippen LogP contribution in [0.2, 0.25) is 10.2 Å². The van der Waals surface area contributed by atoms with Crippen LogP contribution >= 0.6 is 23.2 Å². The van der Waals surface area contributed by atoms with Crippen molar-refractivity contribution in [2.75, 3.05) is 51.3 Å². The topological polar surface area (TPSA) is 113 Å². The van der Waals surface area contributed by atoms with E-state index in [2.05, 4.69) is 26.7 Å². The van der Waals surface area contributed by atoms with Gasteiger partial charge in [-0.3, -0.25) is 14.8 Å². The van der Waals surface area contributed by atoms with Gasteiger partial charge in [-0.15, -0.1) is 0 Å². The van der Waals surface area contributed by atoms with Crippen molar-refractivity contribution in [3.63, 3.8) is 0 Å². The lowest BCUT2D eigenvalue weighted by Gasteiger charge is -2.35. The van der Waals surface area contributed by atoms with E-state index in [1.807, 2.05) is 16.8 Å². The van der Waals surface area contributed by atoms with E-state index in [0.29, 0.717) is 61.3 Å². The van der Waals surface area contributed by atoms with E-state index in [1.54, 1.807) is 11.0 Å². The molecule has 1 aromatic carbocycles. The fourth-order valence-electron chi connectivity index (χ4n) is 5.26. The molecule has 2 unspecified atom stereocenters. The van der Waals surface area contributed by atoms with Gasteiger partial charge in [0, 0.05) is 44.8 Å². The number of aromatic amines is 1. The van der Waals surface area contributed by atoms with Gasteiger partial charge < -0.3 is 19.3 Å². The van der Waals surface area contributed by atoms with Crippen molar-refractivity contribution in [2.45, 2.75) is 18.6 Å². The molecule has 11 nitrogen and oxygen atoms in total. The number of carbonyl (C=O) groups excluding carboxylic acids is 1. The quantitative estimate of drug-likeness (QED) is 0.238. The number of fused-ring (bicyclic) bond motifs is 2. The second-order valence-electron chi connectivity index (χ2n) is 10.2. The molecule has 1 amide bonds. The summed E-state index contributed by atoms with van der Waals surface area (Å²) in [5.41, 5.74) is 0.612. The number of rotatable bonds is 7. The molecule has 6 rings (SSSR count). The molecule has 2 atom stereocenters. The summed E-state index contributed by atoms with van der Waals surface area (Å²) in [6, 6.07) is 2.68. The molecule has 15 heteroatoms. The van der Waals surface area contributed by atoms with E-state index >= 15 is 0 Å². The number of ether oxygens (including phenoxy) is 2. The lowest BCUT2D eigenvalue weighted by Crippen LogP contribution is -2.48. The van der Waals surface area contributed by atoms with Gasteiger partial charge >= 0.3 is 6.01 Å². The summed E-state index contributed by atoms with van der Waals surface area (Å²) in [5, 5.41) is 7.39. The molecule has 1 N–H and O–H groups in total. The Balaban J connectivity index is 1.42. The number of alkyl halides is 1. The van der Waals surface area contributed by atoms with E-state index in [-0.39, 0.29) is 51.9 Å². The number of H-pyrrole nitrogens is 1. The van der Waals surface area contributed by atoms with Crippen LogP contribution in [0.5, 0.6) is 17.6 Å². The fraction of sp³-hybridized carbons (Fsp3) is 0.370. The summed E-state index contributed by atoms with van der Waals surface area (Å²) in [6.07, 6.45) is 2.14. The number of aromatic nitrogens is 5. The van der Waals surface area contributed by atoms with Gasteiger partial charge in [0.05, 0.1) is 22.5 Å². The number of nitrogens with one attached hydrogen (secondary N) is 1. The average Bonchev–Trinajstić information content (AvgIpc) is 3.58. The third-order valence-electron chi connectivity index (χ3n) is 7.48. The predicted molar refractivity (Wildman–Crippen MR) is 154 cm³/mol. The first-order chi connectivity index (χ1) is 20.2. The van der Waals surface area contributed by atoms with Crippen LogP contribution in [-0.2, 0) is 4.79 Å². The maximum absolute atomic E-state index is 14.7. The van der Waals surface area contributed by atoms with Gasteiger partial charge in [-0.1, -0.05) is 29.8 Å². The highest BCUT2D eigenvalue weighted by molar-refractivity contribution is 6.33. The molecule has 5 heterocycles. The fourth-order valence-corrected chi connectivity index (χ4v) is 5.64. The number of nitrogens with zero attached hydrogens (tertiary/aromatic N) is 7. The van der Waals surface area contributed by atoms with Gasteiger partial charge in [0.1, 0.15) is 40.1 Å². The maximum Gasteiger partial charge on any atom is 0.319 e. The van der Waals surface area contributed by atoms with Crippen LogP contribution in [0.3, 0.4) is 0 Å². The summed E-state index contributed by atoms with van der Waals surface area (Å²) in [6.45, 7) is 5.85. The third-order valence-corrected chi connectivity index (χ3v) is 8.03. The second-order valence-corrected chi connectivity index (χ2v) is 10.9. The van der Waals surface area contributed by atoms with Gasteiger partial charge in [-0.05, 0) is 25.6 Å². The van der Waals surface area contributed by atoms with Gasteiger partial charge in [0.2, 0.25) is 11.8 Å². The Bertz CT molecular complexity index is 1680. The minimum Gasteiger partial charge on any atom is -0.462 e. The van der Waals surface area contributed by atoms with E-state index in [9.17, 15) is 13.6 Å². The molecule has 0 radical (unpaired) electrons. The number of anilines is 1. The van der Waals surface area contributed by atoms with Crippen LogP contribution in [-0.4, -0.2) is 99.4 Å². The minimum atomic E-state index is -0.937. The maximum atomic E-state index is 14.7. The summed E-state index contributed by atoms with van der Waals surface area (Å²) < 4.78 is 40.7. The zero-order chi connectivity index (χ0) is 29.5. The van der Waals surface area contributed by atoms with Crippen LogP contribution in [0.15, 0.2) is 31.0 Å². The van der Waals surface area contributed by atoms with E-state index < -0.39 is 12.0 Å². The van der Waals surface area contributed by atoms with Gasteiger partial charge in [-0.2, -0.15) is 20.1 Å². The lowest BCUT2D eigenvalue weighted by molar-refractivity contribution is -0.126. The number of hydrogen-bond donors (Lipinski definition) is 1. The highest BCUT2D eigenvalue weighted by Crippen LogP contribution is 2.41. The molecular formula is C27H26Cl2F2N8O3. The summed E-state index contributed by atoms with van der Waals surface area (Å²) in [4.78, 5) is 31.3. The van der Waals surface area contributed by atoms with E-state index in [0.717, 1.165) is 0 Å². The standard InChI is InChI=1S/C27H26Cl2F2N8O3/c1-3-21(40)38-4-6-39(7-5-38)25-16-9-20(28)33-26(42-24-17-11-32-36-19(17)10-18(31)22(24)29)23(16)34-27(35-25)41-13-15-8-14(30)12-37(15)2/h3,9-11,14-15H,1,4-8,12-13H2,2H3,(H,32,36). The zero-order valence-electron chi connectivity index (χ0n) is 22.5. The number of piperazine rings is 1. The molecule has 4 aromatic rings. The highest BCUT2D eigenvalue weighted by Gasteiger charge is 2.31. The SMILES string of the molecule is C=CC(=O)N1CCN(c2nc(OCC3CC(F)CN3C)nc3c(Oc4c(Cl)c(F)cc5[nH]ncc45)nc(Cl)cc23)CC1. The van der Waals surface area contributed by atoms with Crippen molar-refractivity contribution in [3.8, 4) is 17.6 Å². The molecule has 0 bridgehead atoms. The summed E-state index contributed by atoms with van der Waals surface area (Å²) >= 11 is 12.8. The van der Waals surface area contributed by atoms with Crippen LogP contribution in [0.25, 0.3) is 21.8 Å². The monoisotopic (exact) mass is 618 g/mol. The first kappa shape index (κ1) is 28.3. The smallest absolute Gasteiger partial charge is 0.319 e. The van der Waals surface area contributed by atoms with Crippen molar-refractivity contribution < 1.29 is 23.0 Å². The number of carbonyl (C=O) groups is 1. The number of benzene rings is 1. The number of pyridine rings is 1. The van der Waals surface area contributed by atoms with Crippen LogP contribution in [0.4, 0.5) is 14.6 Å². The van der Waals surface area contributed by atoms with Crippen molar-refractivity contribution in [3.05, 3.63) is 47.0 Å². The normalized spacial score (nSPS) is 19.5. The molecule has 2 aliphatic rings. The molecular weight excluding hydrogens is 593 g/mol. The average molecular weight is 619 g/mol. The first-order valence-corrected chi connectivity index (χ1v) is 14.0. The minimum absolute atomic E-state index is 0.0165. The van der Waals surface area contributed by atoms with Crippen molar-refractivity contribution in [2.24, 2.45) is 0 Å². The molecule has 2 fully saturated rings. The van der Waals surface area contributed by atoms with Crippen LogP contribution < -0.4 is 14.4 Å². The first-order valence-electron chi connectivity index (χ1n) is 13.2. The third kappa shape index (κ3) is 5.39. The molecule has 220 valence electrons. The van der Waals surface area contributed by atoms with Crippen molar-refractivity contribution >= 4 is 56.7 Å². The Labute approximate surface area is 249 Å². The molecule has 2 saturated heterocycles. The zero-order valence-corrected chi connectivity index (χ0v) is 24.0. The number of amides is 1. The predicted octanol–water partition coefficient (Wildman–Crippen LogP) is 4.39. The Morgan fingerprint density at radius 3 is 2.69 bits per heavy atom. The largest absolute Gasteiger partial charge is 0.462 e. The highest BCUT2D eigenvalue weighted by atomic mass is 35.5. The number of halogens is 4. The summed E-state index contributed by atoms with van der Waals surface area (Å²) in [7, 11) is 1.83.